The number of aromatic carboxylic acids is 1. The number of nitrogens with one attached hydrogen (secondary N) is 1. The standard InChI is InChI=1S/C46H57N9O4S.C2H6.BHS/c1-29-31-11-8-20-54(40(31)52-51-39(29)50-42-48-34-12-6-7-13-35(34)60-42)36-16-15-32(38(49-36)41(58)59)33-21-47-55(30(33)2)28-46-25-43(3)22-44(4,26-46)24-45(23-43,27-46)17-10-19-53(5)18-9-14-37(56)57;2*1-2/h6-7,12-13,15-16,21H,8-11,14,17-20,22-28H2,1-5H3,(H,56,57)(H,58,59)(H,48,50,51);1-2H3;2H. The molecule has 0 spiro atoms. The van der Waals surface area contributed by atoms with Gasteiger partial charge in [-0.05, 0) is 151 Å². The van der Waals surface area contributed by atoms with Crippen LogP contribution in [-0.2, 0) is 17.8 Å². The van der Waals surface area contributed by atoms with Gasteiger partial charge in [0.2, 0.25) is 0 Å². The molecule has 13 nitrogen and oxygen atoms in total. The van der Waals surface area contributed by atoms with Crippen molar-refractivity contribution in [2.75, 3.05) is 36.9 Å². The molecule has 5 aliphatic rings. The summed E-state index contributed by atoms with van der Waals surface area (Å²) in [6, 6.07) is 11.8. The van der Waals surface area contributed by atoms with Gasteiger partial charge >= 0.3 is 11.9 Å². The van der Waals surface area contributed by atoms with Gasteiger partial charge in [0.05, 0.1) is 16.4 Å². The number of carboxylic acid groups (broad SMARTS) is 2. The molecule has 2 radical (unpaired) electrons. The first kappa shape index (κ1) is 47.4. The second kappa shape index (κ2) is 19.1. The van der Waals surface area contributed by atoms with Gasteiger partial charge in [0.1, 0.15) is 5.82 Å². The van der Waals surface area contributed by atoms with Crippen molar-refractivity contribution in [2.45, 2.75) is 125 Å². The number of pyridine rings is 1. The van der Waals surface area contributed by atoms with Crippen LogP contribution in [0.5, 0.6) is 0 Å². The summed E-state index contributed by atoms with van der Waals surface area (Å²) in [5, 5.41) is 38.1. The number of fused-ring (bicyclic) bond motifs is 2. The average molecular weight is 906 g/mol. The number of thiol groups is 1. The van der Waals surface area contributed by atoms with Gasteiger partial charge in [-0.25, -0.2) is 27.2 Å². The fourth-order valence-corrected chi connectivity index (χ4v) is 13.9. The average Bonchev–Trinajstić information content (AvgIpc) is 3.83. The van der Waals surface area contributed by atoms with Crippen molar-refractivity contribution in [1.82, 2.24) is 34.8 Å². The summed E-state index contributed by atoms with van der Waals surface area (Å²) in [4.78, 5) is 37.8. The molecular weight excluding hydrogens is 842 g/mol. The quantitative estimate of drug-likeness (QED) is 0.0582. The summed E-state index contributed by atoms with van der Waals surface area (Å²) in [5.74, 6) is 0.0984. The molecule has 10 rings (SSSR count). The molecule has 5 heterocycles. The van der Waals surface area contributed by atoms with E-state index in [0.717, 1.165) is 76.6 Å². The number of hydrogen-bond donors (Lipinski definition) is 4. The van der Waals surface area contributed by atoms with Crippen LogP contribution >= 0.6 is 23.8 Å². The lowest BCUT2D eigenvalue weighted by Gasteiger charge is -2.70. The Morgan fingerprint density at radius 3 is 2.31 bits per heavy atom. The Hall–Kier alpha value is -4.54. The number of rotatable bonds is 15. The van der Waals surface area contributed by atoms with E-state index in [2.05, 4.69) is 78.6 Å². The Morgan fingerprint density at radius 2 is 1.61 bits per heavy atom. The number of thiazole rings is 1. The highest BCUT2D eigenvalue weighted by Gasteiger charge is 2.65. The number of nitrogens with zero attached hydrogens (tertiary/aromatic N) is 8. The molecule has 2 unspecified atom stereocenters. The van der Waals surface area contributed by atoms with E-state index in [9.17, 15) is 14.7 Å². The largest absolute Gasteiger partial charge is 0.481 e. The number of anilines is 4. The van der Waals surface area contributed by atoms with Crippen LogP contribution in [0.4, 0.5) is 22.6 Å². The van der Waals surface area contributed by atoms with Crippen LogP contribution in [0.1, 0.15) is 126 Å². The van der Waals surface area contributed by atoms with E-state index in [0.29, 0.717) is 52.2 Å². The van der Waals surface area contributed by atoms with Gasteiger partial charge in [0.15, 0.2) is 29.6 Å². The molecule has 4 saturated carbocycles. The highest BCUT2D eigenvalue weighted by molar-refractivity contribution is 8.03. The van der Waals surface area contributed by atoms with Gasteiger partial charge in [-0.3, -0.25) is 9.48 Å². The molecule has 0 amide bonds. The summed E-state index contributed by atoms with van der Waals surface area (Å²) >= 11 is 4.60. The minimum Gasteiger partial charge on any atom is -0.481 e. The fraction of sp³-hybridized carbons (Fsp3) is 0.562. The molecule has 5 aromatic rings. The minimum absolute atomic E-state index is 0.00258. The molecule has 4 aliphatic carbocycles. The summed E-state index contributed by atoms with van der Waals surface area (Å²) in [5.41, 5.74) is 6.34. The number of carboxylic acids is 2. The third-order valence-electron chi connectivity index (χ3n) is 14.1. The molecule has 340 valence electrons. The van der Waals surface area contributed by atoms with Crippen LogP contribution in [0, 0.1) is 35.5 Å². The van der Waals surface area contributed by atoms with Gasteiger partial charge in [0.25, 0.3) is 0 Å². The Balaban J connectivity index is 0.00000149. The maximum Gasteiger partial charge on any atom is 0.355 e. The number of carbonyl (C=O) groups is 2. The predicted molar refractivity (Wildman–Crippen MR) is 261 cm³/mol. The predicted octanol–water partition coefficient (Wildman–Crippen LogP) is 10.5. The summed E-state index contributed by atoms with van der Waals surface area (Å²) in [7, 11) is 6.31. The van der Waals surface area contributed by atoms with Gasteiger partial charge < -0.3 is 25.3 Å². The van der Waals surface area contributed by atoms with Crippen LogP contribution in [0.2, 0.25) is 0 Å². The Morgan fingerprint density at radius 1 is 0.906 bits per heavy atom. The van der Waals surface area contributed by atoms with Crippen molar-refractivity contribution in [3.63, 3.8) is 0 Å². The van der Waals surface area contributed by atoms with E-state index in [1.54, 1.807) is 11.3 Å². The molecule has 4 aromatic heterocycles. The molecule has 1 aromatic carbocycles. The zero-order valence-corrected chi connectivity index (χ0v) is 40.3. The molecular formula is C48H64BN9O4S2. The Kier molecular flexibility index (Phi) is 14.2. The summed E-state index contributed by atoms with van der Waals surface area (Å²) in [6.45, 7) is 16.4. The van der Waals surface area contributed by atoms with Crippen molar-refractivity contribution in [1.29, 1.82) is 0 Å². The lowest BCUT2D eigenvalue weighted by molar-refractivity contribution is -0.198. The number of hydrogen-bond acceptors (Lipinski definition) is 12. The second-order valence-electron chi connectivity index (χ2n) is 19.6. The van der Waals surface area contributed by atoms with Crippen molar-refractivity contribution < 1.29 is 19.8 Å². The van der Waals surface area contributed by atoms with Crippen LogP contribution in [-0.4, -0.2) is 90.8 Å². The van der Waals surface area contributed by atoms with Gasteiger partial charge in [-0.1, -0.05) is 51.2 Å². The van der Waals surface area contributed by atoms with E-state index in [4.69, 9.17) is 20.2 Å². The molecule has 3 N–H and O–H groups in total. The molecule has 0 saturated heterocycles. The highest BCUT2D eigenvalue weighted by Crippen LogP contribution is 2.75. The normalized spacial score (nSPS) is 24.2. The van der Waals surface area contributed by atoms with Gasteiger partial charge in [0, 0.05) is 47.5 Å². The zero-order valence-electron chi connectivity index (χ0n) is 38.6. The first-order valence-electron chi connectivity index (χ1n) is 22.8. The number of aliphatic carboxylic acids is 1. The first-order chi connectivity index (χ1) is 30.6. The van der Waals surface area contributed by atoms with Crippen LogP contribution in [0.3, 0.4) is 0 Å². The molecule has 4 bridgehead atoms. The van der Waals surface area contributed by atoms with Crippen molar-refractivity contribution in [3.8, 4) is 11.1 Å². The van der Waals surface area contributed by atoms with Gasteiger partial charge in [-0.2, -0.15) is 5.10 Å². The van der Waals surface area contributed by atoms with E-state index in [1.165, 1.54) is 44.9 Å². The highest BCUT2D eigenvalue weighted by atomic mass is 32.1. The van der Waals surface area contributed by atoms with E-state index in [1.807, 2.05) is 62.2 Å². The van der Waals surface area contributed by atoms with E-state index < -0.39 is 11.9 Å². The monoisotopic (exact) mass is 905 g/mol. The number of aromatic nitrogens is 6. The third-order valence-corrected chi connectivity index (χ3v) is 15.1. The van der Waals surface area contributed by atoms with Gasteiger partial charge in [-0.15, -0.1) is 10.2 Å². The Labute approximate surface area is 388 Å². The Bertz CT molecular complexity index is 2440. The van der Waals surface area contributed by atoms with E-state index >= 15 is 0 Å². The summed E-state index contributed by atoms with van der Waals surface area (Å²) in [6.07, 6.45) is 14.2. The van der Waals surface area contributed by atoms with Crippen molar-refractivity contribution in [2.24, 2.45) is 21.7 Å². The lowest BCUT2D eigenvalue weighted by atomic mass is 9.35. The smallest absolute Gasteiger partial charge is 0.355 e. The zero-order chi connectivity index (χ0) is 46.0. The molecule has 1 aliphatic heterocycles. The minimum atomic E-state index is -1.08. The van der Waals surface area contributed by atoms with Crippen LogP contribution in [0.25, 0.3) is 21.3 Å². The number of benzene rings is 1. The lowest BCUT2D eigenvalue weighted by Crippen LogP contribution is -2.60. The molecule has 16 heteroatoms. The summed E-state index contributed by atoms with van der Waals surface area (Å²) < 4.78 is 3.25. The molecule has 2 atom stereocenters. The van der Waals surface area contributed by atoms with Crippen molar-refractivity contribution in [3.05, 3.63) is 65.1 Å². The van der Waals surface area contributed by atoms with Crippen molar-refractivity contribution >= 4 is 75.7 Å². The second-order valence-corrected chi connectivity index (χ2v) is 20.6. The van der Waals surface area contributed by atoms with Crippen LogP contribution < -0.4 is 10.2 Å². The topological polar surface area (TPSA) is 162 Å². The first-order valence-corrected chi connectivity index (χ1v) is 24.2. The van der Waals surface area contributed by atoms with Crippen LogP contribution in [0.15, 0.2) is 42.6 Å². The SMILES string of the molecule is CC.Cc1c(Nc2nc3ccccc3s2)nnc2c1CCCN2c1ccc(-c2cnn(CC34CC5(C)CC(C)(CC(CCCN(C)CCCC(=O)O)(C5)C3)C4)c2C)c(C(=O)O)n1.[B]S. The maximum absolute atomic E-state index is 13.0. The number of para-hydroxylation sites is 1. The maximum atomic E-state index is 13.0. The third kappa shape index (κ3) is 9.70. The van der Waals surface area contributed by atoms with E-state index in [-0.39, 0.29) is 17.5 Å². The fourth-order valence-electron chi connectivity index (χ4n) is 13.1. The molecule has 4 fully saturated rings. The molecule has 64 heavy (non-hydrogen) atoms.